The molecule has 0 saturated heterocycles. The van der Waals surface area contributed by atoms with Crippen LogP contribution in [0.5, 0.6) is 0 Å². The van der Waals surface area contributed by atoms with E-state index in [1.165, 1.54) is 7.11 Å². The molecular formula is C12H13N3O3S. The zero-order valence-electron chi connectivity index (χ0n) is 10.6. The average molecular weight is 279 g/mol. The van der Waals surface area contributed by atoms with Crippen LogP contribution in [0.25, 0.3) is 0 Å². The molecular weight excluding hydrogens is 266 g/mol. The Labute approximate surface area is 116 Å². The fourth-order valence-electron chi connectivity index (χ4n) is 1.40. The number of anilines is 1. The molecule has 100 valence electrons. The highest BCUT2D eigenvalue weighted by molar-refractivity contribution is 7.80. The Hall–Kier alpha value is -2.33. The molecule has 0 aromatic carbocycles. The lowest BCUT2D eigenvalue weighted by molar-refractivity contribution is 0.0598. The standard InChI is InChI=1S/C12H13N3O3S/c1-4-5-14-12(19)15-10-8(6-13)9(7(2)18-10)11(16)17-3/h4H,1,5H2,2-3H3,(H2,14,15,19). The Morgan fingerprint density at radius 3 is 2.89 bits per heavy atom. The summed E-state index contributed by atoms with van der Waals surface area (Å²) in [6.07, 6.45) is 1.63. The molecule has 0 unspecified atom stereocenters. The van der Waals surface area contributed by atoms with E-state index in [1.54, 1.807) is 13.0 Å². The lowest BCUT2D eigenvalue weighted by Crippen LogP contribution is -2.28. The van der Waals surface area contributed by atoms with E-state index in [0.29, 0.717) is 6.54 Å². The van der Waals surface area contributed by atoms with Crippen molar-refractivity contribution < 1.29 is 13.9 Å². The van der Waals surface area contributed by atoms with E-state index in [4.69, 9.17) is 21.9 Å². The fourth-order valence-corrected chi connectivity index (χ4v) is 1.58. The molecule has 1 rings (SSSR count). The molecule has 0 aliphatic carbocycles. The predicted octanol–water partition coefficient (Wildman–Crippen LogP) is 1.72. The summed E-state index contributed by atoms with van der Waals surface area (Å²) in [4.78, 5) is 11.6. The normalized spacial score (nSPS) is 9.32. The van der Waals surface area contributed by atoms with E-state index in [0.717, 1.165) is 0 Å². The maximum atomic E-state index is 11.6. The number of ether oxygens (including phenoxy) is 1. The Kier molecular flexibility index (Phi) is 5.09. The van der Waals surface area contributed by atoms with E-state index in [2.05, 4.69) is 21.9 Å². The number of hydrogen-bond acceptors (Lipinski definition) is 5. The van der Waals surface area contributed by atoms with Crippen LogP contribution in [0.3, 0.4) is 0 Å². The van der Waals surface area contributed by atoms with Crippen molar-refractivity contribution in [1.82, 2.24) is 5.32 Å². The second-order valence-corrected chi connectivity index (χ2v) is 3.87. The minimum Gasteiger partial charge on any atom is -0.465 e. The molecule has 0 aliphatic rings. The van der Waals surface area contributed by atoms with Crippen molar-refractivity contribution in [1.29, 1.82) is 5.26 Å². The van der Waals surface area contributed by atoms with Crippen LogP contribution in [-0.2, 0) is 4.74 Å². The SMILES string of the molecule is C=CCNC(=S)Nc1oc(C)c(C(=O)OC)c1C#N. The second kappa shape index (κ2) is 6.56. The average Bonchev–Trinajstić information content (AvgIpc) is 2.71. The highest BCUT2D eigenvalue weighted by Gasteiger charge is 2.24. The molecule has 7 heteroatoms. The number of hydrogen-bond donors (Lipinski definition) is 2. The first kappa shape index (κ1) is 14.7. The molecule has 19 heavy (non-hydrogen) atoms. The summed E-state index contributed by atoms with van der Waals surface area (Å²) in [5.41, 5.74) is 0.158. The highest BCUT2D eigenvalue weighted by atomic mass is 32.1. The van der Waals surface area contributed by atoms with Gasteiger partial charge in [-0.25, -0.2) is 4.79 Å². The summed E-state index contributed by atoms with van der Waals surface area (Å²) in [5.74, 6) is -0.227. The van der Waals surface area contributed by atoms with Gasteiger partial charge in [-0.05, 0) is 19.1 Å². The molecule has 0 amide bonds. The predicted molar refractivity (Wildman–Crippen MR) is 73.9 cm³/mol. The Balaban J connectivity index is 3.03. The lowest BCUT2D eigenvalue weighted by atomic mass is 10.1. The highest BCUT2D eigenvalue weighted by Crippen LogP contribution is 2.26. The van der Waals surface area contributed by atoms with Gasteiger partial charge in [0.1, 0.15) is 23.0 Å². The van der Waals surface area contributed by atoms with Crippen LogP contribution in [0.15, 0.2) is 17.1 Å². The number of thiocarbonyl (C=S) groups is 1. The third kappa shape index (κ3) is 3.33. The Morgan fingerprint density at radius 2 is 2.37 bits per heavy atom. The van der Waals surface area contributed by atoms with Gasteiger partial charge in [-0.2, -0.15) is 5.26 Å². The van der Waals surface area contributed by atoms with Gasteiger partial charge in [0.25, 0.3) is 0 Å². The van der Waals surface area contributed by atoms with E-state index in [-0.39, 0.29) is 27.9 Å². The van der Waals surface area contributed by atoms with Gasteiger partial charge in [-0.1, -0.05) is 6.08 Å². The number of rotatable bonds is 4. The van der Waals surface area contributed by atoms with E-state index < -0.39 is 5.97 Å². The molecule has 0 fully saturated rings. The first-order valence-electron chi connectivity index (χ1n) is 5.32. The number of methoxy groups -OCH3 is 1. The molecule has 0 spiro atoms. The number of nitrogens with one attached hydrogen (secondary N) is 2. The summed E-state index contributed by atoms with van der Waals surface area (Å²) in [5, 5.41) is 14.9. The molecule has 0 radical (unpaired) electrons. The summed E-state index contributed by atoms with van der Waals surface area (Å²) >= 11 is 5.00. The van der Waals surface area contributed by atoms with Crippen LogP contribution >= 0.6 is 12.2 Å². The zero-order valence-corrected chi connectivity index (χ0v) is 11.4. The monoisotopic (exact) mass is 279 g/mol. The minimum atomic E-state index is -0.629. The van der Waals surface area contributed by atoms with Crippen molar-refractivity contribution in [3.05, 3.63) is 29.5 Å². The van der Waals surface area contributed by atoms with Crippen molar-refractivity contribution in [2.45, 2.75) is 6.92 Å². The molecule has 2 N–H and O–H groups in total. The first-order chi connectivity index (χ1) is 9.04. The number of carbonyl (C=O) groups is 1. The van der Waals surface area contributed by atoms with Crippen molar-refractivity contribution in [3.63, 3.8) is 0 Å². The van der Waals surface area contributed by atoms with Crippen LogP contribution in [0.2, 0.25) is 0 Å². The number of nitriles is 1. The first-order valence-corrected chi connectivity index (χ1v) is 5.73. The topological polar surface area (TPSA) is 87.3 Å². The summed E-state index contributed by atoms with van der Waals surface area (Å²) in [6.45, 7) is 5.58. The van der Waals surface area contributed by atoms with Gasteiger partial charge in [0.05, 0.1) is 7.11 Å². The van der Waals surface area contributed by atoms with Gasteiger partial charge in [-0.3, -0.25) is 0 Å². The summed E-state index contributed by atoms with van der Waals surface area (Å²) < 4.78 is 9.93. The molecule has 0 aliphatic heterocycles. The van der Waals surface area contributed by atoms with Crippen LogP contribution in [0.1, 0.15) is 21.7 Å². The molecule has 1 aromatic heterocycles. The van der Waals surface area contributed by atoms with Crippen LogP contribution in [0.4, 0.5) is 5.88 Å². The maximum absolute atomic E-state index is 11.6. The molecule has 0 saturated carbocycles. The van der Waals surface area contributed by atoms with E-state index in [1.807, 2.05) is 6.07 Å². The van der Waals surface area contributed by atoms with Gasteiger partial charge in [0.15, 0.2) is 5.11 Å². The van der Waals surface area contributed by atoms with E-state index in [9.17, 15) is 4.79 Å². The van der Waals surface area contributed by atoms with Crippen molar-refractivity contribution in [2.24, 2.45) is 0 Å². The van der Waals surface area contributed by atoms with Crippen LogP contribution < -0.4 is 10.6 Å². The van der Waals surface area contributed by atoms with Gasteiger partial charge >= 0.3 is 5.97 Å². The number of carbonyl (C=O) groups excluding carboxylic acids is 1. The molecule has 0 bridgehead atoms. The van der Waals surface area contributed by atoms with E-state index >= 15 is 0 Å². The van der Waals surface area contributed by atoms with Crippen molar-refractivity contribution in [3.8, 4) is 6.07 Å². The van der Waals surface area contributed by atoms with Crippen LogP contribution in [0, 0.1) is 18.3 Å². The third-order valence-electron chi connectivity index (χ3n) is 2.22. The minimum absolute atomic E-state index is 0.0621. The van der Waals surface area contributed by atoms with Crippen molar-refractivity contribution in [2.75, 3.05) is 19.0 Å². The van der Waals surface area contributed by atoms with Crippen LogP contribution in [-0.4, -0.2) is 24.7 Å². The quantitative estimate of drug-likeness (QED) is 0.493. The number of furan rings is 1. The Bertz CT molecular complexity index is 557. The molecule has 1 heterocycles. The van der Waals surface area contributed by atoms with Gasteiger partial charge in [-0.15, -0.1) is 6.58 Å². The van der Waals surface area contributed by atoms with Gasteiger partial charge < -0.3 is 19.8 Å². The summed E-state index contributed by atoms with van der Waals surface area (Å²) in [7, 11) is 1.24. The zero-order chi connectivity index (χ0) is 14.4. The van der Waals surface area contributed by atoms with Gasteiger partial charge in [0.2, 0.25) is 5.88 Å². The second-order valence-electron chi connectivity index (χ2n) is 3.46. The largest absolute Gasteiger partial charge is 0.465 e. The lowest BCUT2D eigenvalue weighted by Gasteiger charge is -2.06. The third-order valence-corrected chi connectivity index (χ3v) is 2.47. The molecule has 1 aromatic rings. The fraction of sp³-hybridized carbons (Fsp3) is 0.250. The smallest absolute Gasteiger partial charge is 0.342 e. The van der Waals surface area contributed by atoms with Crippen molar-refractivity contribution >= 4 is 29.2 Å². The number of esters is 1. The number of nitrogens with zero attached hydrogens (tertiary/aromatic N) is 1. The molecule has 6 nitrogen and oxygen atoms in total. The molecule has 0 atom stereocenters. The summed E-state index contributed by atoms with van der Waals surface area (Å²) in [6, 6.07) is 1.90. The van der Waals surface area contributed by atoms with Gasteiger partial charge in [0, 0.05) is 6.54 Å². The number of aryl methyl sites for hydroxylation is 1. The Morgan fingerprint density at radius 1 is 1.68 bits per heavy atom. The maximum Gasteiger partial charge on any atom is 0.342 e.